The average molecular weight is 501 g/mol. The van der Waals surface area contributed by atoms with Crippen molar-refractivity contribution in [2.75, 3.05) is 13.2 Å². The van der Waals surface area contributed by atoms with Crippen LogP contribution in [0.1, 0.15) is 50.7 Å². The highest BCUT2D eigenvalue weighted by Gasteiger charge is 2.24. The van der Waals surface area contributed by atoms with Crippen molar-refractivity contribution >= 4 is 0 Å². The summed E-state index contributed by atoms with van der Waals surface area (Å²) in [5.41, 5.74) is 1.30. The lowest BCUT2D eigenvalue weighted by Gasteiger charge is -2.29. The van der Waals surface area contributed by atoms with E-state index in [1.807, 2.05) is 19.1 Å². The Morgan fingerprint density at radius 3 is 2.03 bits per heavy atom. The minimum atomic E-state index is -1.20. The molecule has 0 N–H and O–H groups in total. The van der Waals surface area contributed by atoms with Crippen molar-refractivity contribution < 1.29 is 27.0 Å². The highest BCUT2D eigenvalue weighted by atomic mass is 19.2. The largest absolute Gasteiger partial charge is 0.376 e. The molecule has 6 heteroatoms. The second kappa shape index (κ2) is 12.0. The van der Waals surface area contributed by atoms with Crippen molar-refractivity contribution in [1.29, 1.82) is 0 Å². The van der Waals surface area contributed by atoms with Gasteiger partial charge in [-0.15, -0.1) is 0 Å². The third kappa shape index (κ3) is 5.81. The van der Waals surface area contributed by atoms with Crippen LogP contribution in [-0.2, 0) is 22.3 Å². The number of ether oxygens (including phenoxy) is 2. The SMILES string of the molecule is CCCc1ccc(-c2ccc(-c3ccc(CCC4CCC(OCC)CO4)c(F)c3F)c(F)c2F)cc1. The summed E-state index contributed by atoms with van der Waals surface area (Å²) in [4.78, 5) is 0. The molecule has 36 heavy (non-hydrogen) atoms. The molecule has 1 aliphatic rings. The number of hydrogen-bond acceptors (Lipinski definition) is 2. The Kier molecular flexibility index (Phi) is 8.81. The highest BCUT2D eigenvalue weighted by Crippen LogP contribution is 2.34. The molecule has 3 aromatic rings. The summed E-state index contributed by atoms with van der Waals surface area (Å²) in [6.45, 7) is 5.14. The van der Waals surface area contributed by atoms with Crippen LogP contribution in [0.5, 0.6) is 0 Å². The van der Waals surface area contributed by atoms with E-state index in [0.717, 1.165) is 31.2 Å². The number of halogens is 4. The second-order valence-electron chi connectivity index (χ2n) is 9.28. The molecule has 0 aliphatic carbocycles. The number of hydrogen-bond donors (Lipinski definition) is 0. The van der Waals surface area contributed by atoms with Gasteiger partial charge in [-0.25, -0.2) is 17.6 Å². The van der Waals surface area contributed by atoms with Crippen molar-refractivity contribution in [3.63, 3.8) is 0 Å². The smallest absolute Gasteiger partial charge is 0.167 e. The van der Waals surface area contributed by atoms with Gasteiger partial charge in [-0.3, -0.25) is 0 Å². The van der Waals surface area contributed by atoms with Gasteiger partial charge in [-0.05, 0) is 55.7 Å². The van der Waals surface area contributed by atoms with Gasteiger partial charge in [0, 0.05) is 23.3 Å². The fraction of sp³-hybridized carbons (Fsp3) is 0.400. The molecule has 0 amide bonds. The highest BCUT2D eigenvalue weighted by molar-refractivity contribution is 5.72. The predicted octanol–water partition coefficient (Wildman–Crippen LogP) is 8.05. The second-order valence-corrected chi connectivity index (χ2v) is 9.28. The monoisotopic (exact) mass is 500 g/mol. The van der Waals surface area contributed by atoms with Crippen LogP contribution in [0.4, 0.5) is 17.6 Å². The third-order valence-corrected chi connectivity index (χ3v) is 6.80. The molecule has 1 fully saturated rings. The van der Waals surface area contributed by atoms with Gasteiger partial charge in [0.15, 0.2) is 23.3 Å². The molecule has 1 heterocycles. The summed E-state index contributed by atoms with van der Waals surface area (Å²) in [6, 6.07) is 12.7. The van der Waals surface area contributed by atoms with Crippen molar-refractivity contribution in [1.82, 2.24) is 0 Å². The molecule has 4 rings (SSSR count). The van der Waals surface area contributed by atoms with Gasteiger partial charge in [-0.2, -0.15) is 0 Å². The fourth-order valence-electron chi connectivity index (χ4n) is 4.80. The zero-order valence-electron chi connectivity index (χ0n) is 20.8. The number of aryl methyl sites for hydroxylation is 2. The molecular weight excluding hydrogens is 468 g/mol. The molecule has 0 bridgehead atoms. The molecule has 2 nitrogen and oxygen atoms in total. The normalized spacial score (nSPS) is 17.9. The summed E-state index contributed by atoms with van der Waals surface area (Å²) in [6.07, 6.45) is 4.43. The van der Waals surface area contributed by atoms with Crippen LogP contribution >= 0.6 is 0 Å². The Morgan fingerprint density at radius 2 is 1.39 bits per heavy atom. The van der Waals surface area contributed by atoms with Crippen LogP contribution in [0.25, 0.3) is 22.3 Å². The van der Waals surface area contributed by atoms with E-state index in [0.29, 0.717) is 25.2 Å². The molecule has 3 aromatic carbocycles. The van der Waals surface area contributed by atoms with Gasteiger partial charge in [-0.1, -0.05) is 61.9 Å². The quantitative estimate of drug-likeness (QED) is 0.277. The fourth-order valence-corrected chi connectivity index (χ4v) is 4.80. The van der Waals surface area contributed by atoms with Crippen molar-refractivity contribution in [2.45, 2.75) is 64.6 Å². The first-order chi connectivity index (χ1) is 17.4. The van der Waals surface area contributed by atoms with E-state index in [9.17, 15) is 13.2 Å². The van der Waals surface area contributed by atoms with Crippen molar-refractivity contribution in [3.8, 4) is 22.3 Å². The summed E-state index contributed by atoms with van der Waals surface area (Å²) >= 11 is 0. The number of rotatable bonds is 9. The molecule has 0 saturated carbocycles. The van der Waals surface area contributed by atoms with Gasteiger partial charge >= 0.3 is 0 Å². The Bertz CT molecular complexity index is 1170. The Morgan fingerprint density at radius 1 is 0.750 bits per heavy atom. The van der Waals surface area contributed by atoms with E-state index >= 15 is 4.39 Å². The van der Waals surface area contributed by atoms with E-state index in [1.54, 1.807) is 12.1 Å². The van der Waals surface area contributed by atoms with Crippen molar-refractivity contribution in [2.24, 2.45) is 0 Å². The van der Waals surface area contributed by atoms with Gasteiger partial charge in [0.2, 0.25) is 0 Å². The molecule has 0 radical (unpaired) electrons. The molecule has 192 valence electrons. The Hall–Kier alpha value is -2.70. The van der Waals surface area contributed by atoms with Crippen LogP contribution in [0.3, 0.4) is 0 Å². The molecule has 0 spiro atoms. The molecular formula is C30H32F4O2. The van der Waals surface area contributed by atoms with E-state index in [4.69, 9.17) is 9.47 Å². The van der Waals surface area contributed by atoms with Gasteiger partial charge in [0.1, 0.15) is 0 Å². The number of benzene rings is 3. The van der Waals surface area contributed by atoms with Crippen LogP contribution < -0.4 is 0 Å². The lowest BCUT2D eigenvalue weighted by molar-refractivity contribution is -0.0843. The van der Waals surface area contributed by atoms with Gasteiger partial charge in [0.25, 0.3) is 0 Å². The third-order valence-electron chi connectivity index (χ3n) is 6.80. The molecule has 2 unspecified atom stereocenters. The molecule has 1 aliphatic heterocycles. The first-order valence-electron chi connectivity index (χ1n) is 12.7. The standard InChI is InChI=1S/C30H32F4O2/c1-3-5-19-6-8-20(9-7-19)24-16-17-26(30(34)28(24)32)25-15-11-21(27(31)29(25)33)10-12-22-13-14-23(18-36-22)35-4-2/h6-9,11,15-17,22-23H,3-5,10,12-14,18H2,1-2H3. The average Bonchev–Trinajstić information content (AvgIpc) is 2.89. The summed E-state index contributed by atoms with van der Waals surface area (Å²) in [5.74, 6) is -4.50. The van der Waals surface area contributed by atoms with Crippen LogP contribution in [-0.4, -0.2) is 25.4 Å². The van der Waals surface area contributed by atoms with Crippen molar-refractivity contribution in [3.05, 3.63) is 82.9 Å². The maximum Gasteiger partial charge on any atom is 0.167 e. The summed E-state index contributed by atoms with van der Waals surface area (Å²) < 4.78 is 71.2. The summed E-state index contributed by atoms with van der Waals surface area (Å²) in [7, 11) is 0. The zero-order chi connectivity index (χ0) is 25.7. The predicted molar refractivity (Wildman–Crippen MR) is 134 cm³/mol. The molecule has 2 atom stereocenters. The molecule has 0 aromatic heterocycles. The van der Waals surface area contributed by atoms with Crippen LogP contribution in [0.2, 0.25) is 0 Å². The maximum atomic E-state index is 15.0. The van der Waals surface area contributed by atoms with Crippen LogP contribution in [0, 0.1) is 23.3 Å². The van der Waals surface area contributed by atoms with Crippen LogP contribution in [0.15, 0.2) is 48.5 Å². The first-order valence-corrected chi connectivity index (χ1v) is 12.7. The lowest BCUT2D eigenvalue weighted by atomic mass is 9.95. The van der Waals surface area contributed by atoms with Gasteiger partial charge < -0.3 is 9.47 Å². The summed E-state index contributed by atoms with van der Waals surface area (Å²) in [5, 5.41) is 0. The Labute approximate surface area is 210 Å². The Balaban J connectivity index is 1.49. The zero-order valence-corrected chi connectivity index (χ0v) is 20.8. The van der Waals surface area contributed by atoms with E-state index in [-0.39, 0.29) is 40.9 Å². The van der Waals surface area contributed by atoms with Gasteiger partial charge in [0.05, 0.1) is 18.8 Å². The minimum absolute atomic E-state index is 0.0426. The van der Waals surface area contributed by atoms with E-state index in [1.165, 1.54) is 24.3 Å². The van der Waals surface area contributed by atoms with E-state index in [2.05, 4.69) is 6.92 Å². The topological polar surface area (TPSA) is 18.5 Å². The van der Waals surface area contributed by atoms with E-state index < -0.39 is 23.3 Å². The lowest BCUT2D eigenvalue weighted by Crippen LogP contribution is -2.31. The first kappa shape index (κ1) is 26.4. The minimum Gasteiger partial charge on any atom is -0.376 e. The molecule has 1 saturated heterocycles. The maximum absolute atomic E-state index is 15.0.